The van der Waals surface area contributed by atoms with Gasteiger partial charge in [0.05, 0.1) is 5.71 Å². The molecule has 1 N–H and O–H groups in total. The van der Waals surface area contributed by atoms with Crippen molar-refractivity contribution in [3.63, 3.8) is 0 Å². The van der Waals surface area contributed by atoms with E-state index in [1.165, 1.54) is 12.8 Å². The average Bonchev–Trinajstić information content (AvgIpc) is 2.06. The highest BCUT2D eigenvalue weighted by Crippen LogP contribution is 2.21. The molecule has 0 aromatic rings. The molecule has 11 heavy (non-hydrogen) atoms. The van der Waals surface area contributed by atoms with Gasteiger partial charge in [-0.1, -0.05) is 17.3 Å². The van der Waals surface area contributed by atoms with Crippen LogP contribution in [0.25, 0.3) is 0 Å². The van der Waals surface area contributed by atoms with Crippen LogP contribution in [0.2, 0.25) is 0 Å². The lowest BCUT2D eigenvalue weighted by atomic mass is 9.90. The first-order valence-corrected chi connectivity index (χ1v) is 4.15. The van der Waals surface area contributed by atoms with E-state index in [0.29, 0.717) is 5.92 Å². The Morgan fingerprint density at radius 2 is 2.45 bits per heavy atom. The van der Waals surface area contributed by atoms with Gasteiger partial charge in [0.1, 0.15) is 0 Å². The molecule has 0 radical (unpaired) electrons. The van der Waals surface area contributed by atoms with Gasteiger partial charge in [-0.2, -0.15) is 0 Å². The predicted octanol–water partition coefficient (Wildman–Crippen LogP) is 2.58. The highest BCUT2D eigenvalue weighted by atomic mass is 16.4. The van der Waals surface area contributed by atoms with Gasteiger partial charge in [0.25, 0.3) is 0 Å². The normalized spacial score (nSPS) is 25.5. The van der Waals surface area contributed by atoms with Gasteiger partial charge in [-0.25, -0.2) is 0 Å². The Bertz CT molecular complexity index is 172. The summed E-state index contributed by atoms with van der Waals surface area (Å²) in [5, 5.41) is 11.6. The number of rotatable bonds is 2. The summed E-state index contributed by atoms with van der Waals surface area (Å²) in [4.78, 5) is 0. The molecule has 1 rings (SSSR count). The molecule has 0 amide bonds. The molecule has 0 saturated heterocycles. The van der Waals surface area contributed by atoms with E-state index in [9.17, 15) is 0 Å². The number of nitrogens with zero attached hydrogens (tertiary/aromatic N) is 1. The minimum absolute atomic E-state index is 0.705. The summed E-state index contributed by atoms with van der Waals surface area (Å²) in [6.07, 6.45) is 8.96. The summed E-state index contributed by atoms with van der Waals surface area (Å²) < 4.78 is 0. The van der Waals surface area contributed by atoms with Gasteiger partial charge in [0, 0.05) is 0 Å². The summed E-state index contributed by atoms with van der Waals surface area (Å²) in [6, 6.07) is 0. The largest absolute Gasteiger partial charge is 0.411 e. The van der Waals surface area contributed by atoms with Crippen LogP contribution in [0.15, 0.2) is 17.3 Å². The third kappa shape index (κ3) is 2.74. The van der Waals surface area contributed by atoms with Crippen LogP contribution < -0.4 is 0 Å². The van der Waals surface area contributed by atoms with Gasteiger partial charge >= 0.3 is 0 Å². The van der Waals surface area contributed by atoms with E-state index in [4.69, 9.17) is 5.21 Å². The van der Waals surface area contributed by atoms with Crippen molar-refractivity contribution in [1.82, 2.24) is 0 Å². The number of oxime groups is 1. The van der Waals surface area contributed by atoms with Crippen molar-refractivity contribution in [1.29, 1.82) is 0 Å². The van der Waals surface area contributed by atoms with Crippen molar-refractivity contribution in [3.8, 4) is 0 Å². The van der Waals surface area contributed by atoms with E-state index in [-0.39, 0.29) is 0 Å². The molecule has 2 nitrogen and oxygen atoms in total. The van der Waals surface area contributed by atoms with Crippen molar-refractivity contribution in [2.75, 3.05) is 0 Å². The number of hydrogen-bond donors (Lipinski definition) is 1. The zero-order valence-electron chi connectivity index (χ0n) is 6.95. The van der Waals surface area contributed by atoms with E-state index in [0.717, 1.165) is 18.6 Å². The zero-order chi connectivity index (χ0) is 8.10. The van der Waals surface area contributed by atoms with Crippen molar-refractivity contribution < 1.29 is 5.21 Å². The molecule has 0 saturated carbocycles. The average molecular weight is 153 g/mol. The first-order chi connectivity index (χ1) is 5.33. The molecule has 1 aliphatic rings. The molecule has 0 aromatic carbocycles. The maximum Gasteiger partial charge on any atom is 0.0542 e. The van der Waals surface area contributed by atoms with Crippen LogP contribution in [0.3, 0.4) is 0 Å². The topological polar surface area (TPSA) is 32.6 Å². The van der Waals surface area contributed by atoms with Crippen molar-refractivity contribution >= 4 is 5.71 Å². The van der Waals surface area contributed by atoms with E-state index in [1.54, 1.807) is 0 Å². The Kier molecular flexibility index (Phi) is 3.14. The van der Waals surface area contributed by atoms with Crippen LogP contribution in [0.5, 0.6) is 0 Å². The fourth-order valence-corrected chi connectivity index (χ4v) is 1.50. The third-order valence-corrected chi connectivity index (χ3v) is 2.13. The molecule has 1 aliphatic carbocycles. The van der Waals surface area contributed by atoms with Crippen molar-refractivity contribution in [3.05, 3.63) is 12.2 Å². The SMILES string of the molecule is C/C(CC1CC=CCC1)=N\O. The molecule has 0 fully saturated rings. The standard InChI is InChI=1S/C9H15NO/c1-8(10-11)7-9-5-3-2-4-6-9/h2-3,9,11H,4-7H2,1H3/b10-8+. The van der Waals surface area contributed by atoms with E-state index in [1.807, 2.05) is 6.92 Å². The molecule has 62 valence electrons. The van der Waals surface area contributed by atoms with Crippen LogP contribution in [-0.4, -0.2) is 10.9 Å². The minimum atomic E-state index is 0.705. The summed E-state index contributed by atoms with van der Waals surface area (Å²) in [5.41, 5.74) is 0.852. The summed E-state index contributed by atoms with van der Waals surface area (Å²) in [5.74, 6) is 0.705. The lowest BCUT2D eigenvalue weighted by molar-refractivity contribution is 0.315. The smallest absolute Gasteiger partial charge is 0.0542 e. The highest BCUT2D eigenvalue weighted by molar-refractivity contribution is 5.81. The Hall–Kier alpha value is -0.790. The second-order valence-corrected chi connectivity index (χ2v) is 3.19. The fraction of sp³-hybridized carbons (Fsp3) is 0.667. The molecular weight excluding hydrogens is 138 g/mol. The number of hydrogen-bond acceptors (Lipinski definition) is 2. The van der Waals surface area contributed by atoms with Crippen molar-refractivity contribution in [2.45, 2.75) is 32.6 Å². The summed E-state index contributed by atoms with van der Waals surface area (Å²) in [7, 11) is 0. The zero-order valence-corrected chi connectivity index (χ0v) is 6.95. The first-order valence-electron chi connectivity index (χ1n) is 4.15. The Balaban J connectivity index is 2.32. The van der Waals surface area contributed by atoms with Crippen LogP contribution in [0, 0.1) is 5.92 Å². The van der Waals surface area contributed by atoms with E-state index in [2.05, 4.69) is 17.3 Å². The third-order valence-electron chi connectivity index (χ3n) is 2.13. The second-order valence-electron chi connectivity index (χ2n) is 3.19. The Morgan fingerprint density at radius 3 is 3.00 bits per heavy atom. The van der Waals surface area contributed by atoms with E-state index >= 15 is 0 Å². The summed E-state index contributed by atoms with van der Waals surface area (Å²) in [6.45, 7) is 1.87. The monoisotopic (exact) mass is 153 g/mol. The fourth-order valence-electron chi connectivity index (χ4n) is 1.50. The molecular formula is C9H15NO. The Labute approximate surface area is 67.6 Å². The molecule has 0 aliphatic heterocycles. The van der Waals surface area contributed by atoms with Gasteiger partial charge < -0.3 is 5.21 Å². The lowest BCUT2D eigenvalue weighted by Gasteiger charge is -2.16. The second kappa shape index (κ2) is 4.16. The maximum absolute atomic E-state index is 8.44. The lowest BCUT2D eigenvalue weighted by Crippen LogP contribution is -2.07. The molecule has 1 atom stereocenters. The van der Waals surface area contributed by atoms with Crippen LogP contribution in [-0.2, 0) is 0 Å². The molecule has 0 aromatic heterocycles. The summed E-state index contributed by atoms with van der Waals surface area (Å²) >= 11 is 0. The molecule has 0 spiro atoms. The number of allylic oxidation sites excluding steroid dienone is 2. The molecule has 1 unspecified atom stereocenters. The van der Waals surface area contributed by atoms with Crippen LogP contribution in [0.4, 0.5) is 0 Å². The van der Waals surface area contributed by atoms with Crippen LogP contribution >= 0.6 is 0 Å². The minimum Gasteiger partial charge on any atom is -0.411 e. The quantitative estimate of drug-likeness (QED) is 0.281. The maximum atomic E-state index is 8.44. The van der Waals surface area contributed by atoms with Gasteiger partial charge in [0.15, 0.2) is 0 Å². The molecule has 0 bridgehead atoms. The first kappa shape index (κ1) is 8.31. The van der Waals surface area contributed by atoms with Gasteiger partial charge in [-0.05, 0) is 38.5 Å². The molecule has 2 heteroatoms. The van der Waals surface area contributed by atoms with Gasteiger partial charge in [-0.15, -0.1) is 0 Å². The van der Waals surface area contributed by atoms with Crippen LogP contribution in [0.1, 0.15) is 32.6 Å². The van der Waals surface area contributed by atoms with Crippen molar-refractivity contribution in [2.24, 2.45) is 11.1 Å². The van der Waals surface area contributed by atoms with Gasteiger partial charge in [-0.3, -0.25) is 0 Å². The predicted molar refractivity (Wildman–Crippen MR) is 46.0 cm³/mol. The van der Waals surface area contributed by atoms with E-state index < -0.39 is 0 Å². The Morgan fingerprint density at radius 1 is 1.64 bits per heavy atom. The highest BCUT2D eigenvalue weighted by Gasteiger charge is 2.10. The van der Waals surface area contributed by atoms with Gasteiger partial charge in [0.2, 0.25) is 0 Å². The molecule has 0 heterocycles.